The minimum absolute atomic E-state index is 0.375. The second-order valence-corrected chi connectivity index (χ2v) is 5.44. The molecule has 0 spiro atoms. The van der Waals surface area contributed by atoms with Crippen molar-refractivity contribution in [2.45, 2.75) is 19.4 Å². The topological polar surface area (TPSA) is 77.2 Å². The first kappa shape index (κ1) is 12.4. The third-order valence-electron chi connectivity index (χ3n) is 3.07. The largest absolute Gasteiger partial charge is 0.481 e. The molecule has 3 rings (SSSR count). The maximum absolute atomic E-state index is 10.5. The van der Waals surface area contributed by atoms with Crippen LogP contribution in [0.2, 0.25) is 0 Å². The average Bonchev–Trinajstić information content (AvgIpc) is 3.09. The molecule has 0 aliphatic heterocycles. The van der Waals surface area contributed by atoms with Crippen LogP contribution < -0.4 is 4.74 Å². The highest BCUT2D eigenvalue weighted by atomic mass is 79.9. The minimum Gasteiger partial charge on any atom is -0.481 e. The second kappa shape index (κ2) is 4.80. The molecule has 0 saturated heterocycles. The molecule has 0 bridgehead atoms. The summed E-state index contributed by atoms with van der Waals surface area (Å²) >= 11 is 3.39. The van der Waals surface area contributed by atoms with Gasteiger partial charge in [-0.3, -0.25) is 0 Å². The number of carboxylic acids is 1. The maximum Gasteiger partial charge on any atom is 0.341 e. The standard InChI is InChI=1S/C12H12BrN3O3/c13-11-9(19-6-10(17)18)4-3-8-12(11)14-15-16(8)5-7-1-2-7/h3-4,7H,1-2,5-6H2,(H,17,18). The molecule has 7 heteroatoms. The van der Waals surface area contributed by atoms with Crippen LogP contribution in [-0.2, 0) is 11.3 Å². The lowest BCUT2D eigenvalue weighted by molar-refractivity contribution is -0.139. The number of aromatic nitrogens is 3. The second-order valence-electron chi connectivity index (χ2n) is 4.64. The van der Waals surface area contributed by atoms with Gasteiger partial charge in [0.15, 0.2) is 6.61 Å². The molecule has 100 valence electrons. The molecule has 0 atom stereocenters. The van der Waals surface area contributed by atoms with Crippen LogP contribution in [0.3, 0.4) is 0 Å². The van der Waals surface area contributed by atoms with E-state index in [-0.39, 0.29) is 6.61 Å². The zero-order chi connectivity index (χ0) is 13.4. The summed E-state index contributed by atoms with van der Waals surface area (Å²) in [6.45, 7) is 0.512. The molecule has 1 fully saturated rings. The Balaban J connectivity index is 1.90. The van der Waals surface area contributed by atoms with E-state index in [2.05, 4.69) is 26.2 Å². The smallest absolute Gasteiger partial charge is 0.341 e. The first-order valence-corrected chi connectivity index (χ1v) is 6.80. The molecule has 19 heavy (non-hydrogen) atoms. The van der Waals surface area contributed by atoms with Crippen molar-refractivity contribution >= 4 is 32.9 Å². The van der Waals surface area contributed by atoms with E-state index in [0.717, 1.165) is 12.1 Å². The number of benzene rings is 1. The fourth-order valence-corrected chi connectivity index (χ4v) is 2.45. The average molecular weight is 326 g/mol. The van der Waals surface area contributed by atoms with E-state index >= 15 is 0 Å². The van der Waals surface area contributed by atoms with Gasteiger partial charge in [-0.1, -0.05) is 5.21 Å². The Morgan fingerprint density at radius 2 is 2.32 bits per heavy atom. The fraction of sp³-hybridized carbons (Fsp3) is 0.417. The Morgan fingerprint density at radius 3 is 3.00 bits per heavy atom. The van der Waals surface area contributed by atoms with Crippen molar-refractivity contribution in [1.29, 1.82) is 0 Å². The lowest BCUT2D eigenvalue weighted by Gasteiger charge is -2.06. The summed E-state index contributed by atoms with van der Waals surface area (Å²) in [5, 5.41) is 16.9. The van der Waals surface area contributed by atoms with E-state index < -0.39 is 5.97 Å². The highest BCUT2D eigenvalue weighted by molar-refractivity contribution is 9.10. The Morgan fingerprint density at radius 1 is 1.53 bits per heavy atom. The molecule has 1 saturated carbocycles. The van der Waals surface area contributed by atoms with Crippen molar-refractivity contribution in [3.63, 3.8) is 0 Å². The van der Waals surface area contributed by atoms with E-state index in [9.17, 15) is 4.79 Å². The van der Waals surface area contributed by atoms with Gasteiger partial charge in [0.25, 0.3) is 0 Å². The number of ether oxygens (including phenoxy) is 1. The summed E-state index contributed by atoms with van der Waals surface area (Å²) in [4.78, 5) is 10.5. The number of hydrogen-bond donors (Lipinski definition) is 1. The summed E-state index contributed by atoms with van der Waals surface area (Å²) in [5.74, 6) is 0.171. The van der Waals surface area contributed by atoms with Crippen LogP contribution in [0.1, 0.15) is 12.8 Å². The van der Waals surface area contributed by atoms with Crippen LogP contribution in [0.25, 0.3) is 11.0 Å². The van der Waals surface area contributed by atoms with Crippen molar-refractivity contribution in [3.05, 3.63) is 16.6 Å². The van der Waals surface area contributed by atoms with Gasteiger partial charge in [0.2, 0.25) is 0 Å². The molecule has 2 aromatic rings. The van der Waals surface area contributed by atoms with Crippen LogP contribution in [0.4, 0.5) is 0 Å². The monoisotopic (exact) mass is 325 g/mol. The van der Waals surface area contributed by atoms with E-state index in [1.54, 1.807) is 6.07 Å². The number of aliphatic carboxylic acids is 1. The third-order valence-corrected chi connectivity index (χ3v) is 3.84. The molecule has 0 amide bonds. The zero-order valence-corrected chi connectivity index (χ0v) is 11.6. The number of hydrogen-bond acceptors (Lipinski definition) is 4. The molecule has 1 aliphatic carbocycles. The molecule has 1 aliphatic rings. The summed E-state index contributed by atoms with van der Waals surface area (Å²) < 4.78 is 7.72. The summed E-state index contributed by atoms with van der Waals surface area (Å²) in [6.07, 6.45) is 2.50. The number of nitrogens with zero attached hydrogens (tertiary/aromatic N) is 3. The molecule has 1 aromatic carbocycles. The SMILES string of the molecule is O=C(O)COc1ccc2c(nnn2CC2CC2)c1Br. The molecule has 0 radical (unpaired) electrons. The first-order valence-electron chi connectivity index (χ1n) is 6.01. The van der Waals surface area contributed by atoms with Gasteiger partial charge in [0, 0.05) is 6.54 Å². The molecule has 1 heterocycles. The van der Waals surface area contributed by atoms with Gasteiger partial charge in [-0.25, -0.2) is 9.48 Å². The zero-order valence-electron chi connectivity index (χ0n) is 10.0. The molecule has 0 unspecified atom stereocenters. The van der Waals surface area contributed by atoms with E-state index in [1.165, 1.54) is 12.8 Å². The van der Waals surface area contributed by atoms with Crippen LogP contribution in [-0.4, -0.2) is 32.7 Å². The molecular weight excluding hydrogens is 314 g/mol. The van der Waals surface area contributed by atoms with Gasteiger partial charge < -0.3 is 9.84 Å². The molecule has 1 N–H and O–H groups in total. The predicted octanol–water partition coefficient (Wildman–Crippen LogP) is 2.07. The highest BCUT2D eigenvalue weighted by Crippen LogP contribution is 2.34. The Kier molecular flexibility index (Phi) is 3.14. The van der Waals surface area contributed by atoms with Crippen molar-refractivity contribution in [2.24, 2.45) is 5.92 Å². The fourth-order valence-electron chi connectivity index (χ4n) is 1.92. The maximum atomic E-state index is 10.5. The minimum atomic E-state index is -1.01. The Hall–Kier alpha value is -1.63. The van der Waals surface area contributed by atoms with Gasteiger partial charge in [-0.2, -0.15) is 0 Å². The first-order chi connectivity index (χ1) is 9.15. The van der Waals surface area contributed by atoms with E-state index in [4.69, 9.17) is 9.84 Å². The molecular formula is C12H12BrN3O3. The van der Waals surface area contributed by atoms with Crippen molar-refractivity contribution in [3.8, 4) is 5.75 Å². The Bertz CT molecular complexity index is 636. The van der Waals surface area contributed by atoms with Gasteiger partial charge in [-0.05, 0) is 46.8 Å². The number of carboxylic acid groups (broad SMARTS) is 1. The lowest BCUT2D eigenvalue weighted by Crippen LogP contribution is -2.09. The van der Waals surface area contributed by atoms with Crippen LogP contribution >= 0.6 is 15.9 Å². The van der Waals surface area contributed by atoms with E-state index in [0.29, 0.717) is 21.7 Å². The van der Waals surface area contributed by atoms with Gasteiger partial charge in [0.1, 0.15) is 11.3 Å². The molecule has 1 aromatic heterocycles. The number of halogens is 1. The Labute approximate surface area is 117 Å². The number of carbonyl (C=O) groups is 1. The summed E-state index contributed by atoms with van der Waals surface area (Å²) in [5.41, 5.74) is 1.63. The quantitative estimate of drug-likeness (QED) is 0.910. The van der Waals surface area contributed by atoms with Crippen molar-refractivity contribution in [1.82, 2.24) is 15.0 Å². The van der Waals surface area contributed by atoms with Crippen molar-refractivity contribution in [2.75, 3.05) is 6.61 Å². The van der Waals surface area contributed by atoms with Gasteiger partial charge in [-0.15, -0.1) is 5.10 Å². The summed E-state index contributed by atoms with van der Waals surface area (Å²) in [7, 11) is 0. The van der Waals surface area contributed by atoms with Crippen LogP contribution in [0, 0.1) is 5.92 Å². The van der Waals surface area contributed by atoms with Gasteiger partial charge in [0.05, 0.1) is 9.99 Å². The van der Waals surface area contributed by atoms with E-state index in [1.807, 2.05) is 10.7 Å². The van der Waals surface area contributed by atoms with Crippen LogP contribution in [0.5, 0.6) is 5.75 Å². The highest BCUT2D eigenvalue weighted by Gasteiger charge is 2.23. The predicted molar refractivity (Wildman–Crippen MR) is 71.1 cm³/mol. The molecule has 6 nitrogen and oxygen atoms in total. The lowest BCUT2D eigenvalue weighted by atomic mass is 10.3. The van der Waals surface area contributed by atoms with Gasteiger partial charge >= 0.3 is 5.97 Å². The van der Waals surface area contributed by atoms with Crippen molar-refractivity contribution < 1.29 is 14.6 Å². The normalized spacial score (nSPS) is 14.8. The number of rotatable bonds is 5. The number of fused-ring (bicyclic) bond motifs is 1. The van der Waals surface area contributed by atoms with Crippen LogP contribution in [0.15, 0.2) is 16.6 Å². The third kappa shape index (κ3) is 2.56. The summed E-state index contributed by atoms with van der Waals surface area (Å²) in [6, 6.07) is 3.60.